The first-order valence-electron chi connectivity index (χ1n) is 12.3. The first kappa shape index (κ1) is 25.3. The van der Waals surface area contributed by atoms with Crippen LogP contribution in [-0.2, 0) is 22.7 Å². The number of carbonyl (C=O) groups excluding carboxylic acids is 4. The minimum Gasteiger partial charge on any atom is -0.380 e. The third-order valence-corrected chi connectivity index (χ3v) is 7.07. The Morgan fingerprint density at radius 2 is 1.75 bits per heavy atom. The number of anilines is 1. The molecule has 3 N–H and O–H groups in total. The normalized spacial score (nSPS) is 19.1. The van der Waals surface area contributed by atoms with Gasteiger partial charge in [-0.05, 0) is 49.4 Å². The summed E-state index contributed by atoms with van der Waals surface area (Å²) >= 11 is 0. The topological polar surface area (TPSA) is 108 Å². The molecule has 4 amide bonds. The summed E-state index contributed by atoms with van der Waals surface area (Å²) in [4.78, 5) is 51.0. The lowest BCUT2D eigenvalue weighted by Gasteiger charge is -2.28. The van der Waals surface area contributed by atoms with Gasteiger partial charge in [0.1, 0.15) is 6.04 Å². The Labute approximate surface area is 211 Å². The van der Waals surface area contributed by atoms with Gasteiger partial charge < -0.3 is 10.6 Å². The van der Waals surface area contributed by atoms with Crippen molar-refractivity contribution >= 4 is 29.3 Å². The Morgan fingerprint density at radius 1 is 1.06 bits per heavy atom. The maximum absolute atomic E-state index is 13.2. The molecule has 1 fully saturated rings. The van der Waals surface area contributed by atoms with Gasteiger partial charge in [-0.15, -0.1) is 6.58 Å². The van der Waals surface area contributed by atoms with E-state index >= 15 is 0 Å². The first-order valence-corrected chi connectivity index (χ1v) is 12.3. The van der Waals surface area contributed by atoms with Gasteiger partial charge in [-0.25, -0.2) is 0 Å². The Balaban J connectivity index is 1.43. The zero-order valence-corrected chi connectivity index (χ0v) is 20.7. The molecule has 0 aliphatic carbocycles. The smallest absolute Gasteiger partial charge is 0.264 e. The van der Waals surface area contributed by atoms with Crippen LogP contribution in [0.1, 0.15) is 71.4 Å². The van der Waals surface area contributed by atoms with E-state index < -0.39 is 29.7 Å². The van der Waals surface area contributed by atoms with E-state index in [2.05, 4.69) is 48.5 Å². The van der Waals surface area contributed by atoms with E-state index in [1.807, 2.05) is 18.2 Å². The van der Waals surface area contributed by atoms with Gasteiger partial charge in [0.2, 0.25) is 11.8 Å². The number of nitrogens with one attached hydrogen (secondary N) is 3. The molecule has 4 rings (SSSR count). The SMILES string of the molecule is C=CCC(C)(CC)NCc1ccc(CNc2cccc3c2C(=O)N(C2CCC(=O)NC2=O)C3=O)cc1. The van der Waals surface area contributed by atoms with Crippen LogP contribution in [-0.4, -0.2) is 40.1 Å². The van der Waals surface area contributed by atoms with Crippen LogP contribution < -0.4 is 16.0 Å². The Bertz CT molecular complexity index is 1210. The summed E-state index contributed by atoms with van der Waals surface area (Å²) in [7, 11) is 0. The van der Waals surface area contributed by atoms with Crippen molar-refractivity contribution in [1.29, 1.82) is 0 Å². The number of fused-ring (bicyclic) bond motifs is 1. The minimum absolute atomic E-state index is 0.0152. The molecule has 188 valence electrons. The zero-order chi connectivity index (χ0) is 25.9. The molecule has 2 aromatic carbocycles. The van der Waals surface area contributed by atoms with Crippen LogP contribution in [0, 0.1) is 0 Å². The number of hydrogen-bond donors (Lipinski definition) is 3. The average molecular weight is 489 g/mol. The summed E-state index contributed by atoms with van der Waals surface area (Å²) in [6.45, 7) is 9.42. The molecule has 2 atom stereocenters. The van der Waals surface area contributed by atoms with Crippen molar-refractivity contribution in [2.45, 2.75) is 64.2 Å². The highest BCUT2D eigenvalue weighted by atomic mass is 16.2. The van der Waals surface area contributed by atoms with Crippen molar-refractivity contribution in [3.8, 4) is 0 Å². The summed E-state index contributed by atoms with van der Waals surface area (Å²) < 4.78 is 0. The van der Waals surface area contributed by atoms with Gasteiger partial charge in [0.25, 0.3) is 11.8 Å². The molecule has 2 unspecified atom stereocenters. The van der Waals surface area contributed by atoms with Crippen molar-refractivity contribution in [2.75, 3.05) is 5.32 Å². The minimum atomic E-state index is -0.981. The van der Waals surface area contributed by atoms with Crippen LogP contribution in [0.25, 0.3) is 0 Å². The van der Waals surface area contributed by atoms with E-state index in [0.717, 1.165) is 29.8 Å². The summed E-state index contributed by atoms with van der Waals surface area (Å²) in [5.41, 5.74) is 3.27. The standard InChI is InChI=1S/C28H32N4O4/c1-4-15-28(3,5-2)30-17-19-11-9-18(10-12-19)16-29-21-8-6-7-20-24(21)27(36)32(26(20)35)22-13-14-23(33)31-25(22)34/h4,6-12,22,29-30H,1,5,13-17H2,2-3H3,(H,31,33,34). The van der Waals surface area contributed by atoms with Gasteiger partial charge in [-0.1, -0.05) is 43.3 Å². The van der Waals surface area contributed by atoms with Gasteiger partial charge >= 0.3 is 0 Å². The predicted molar refractivity (Wildman–Crippen MR) is 137 cm³/mol. The molecule has 2 aliphatic rings. The molecule has 0 radical (unpaired) electrons. The van der Waals surface area contributed by atoms with Crippen LogP contribution in [0.15, 0.2) is 55.1 Å². The second-order valence-electron chi connectivity index (χ2n) is 9.61. The number of nitrogens with zero attached hydrogens (tertiary/aromatic N) is 1. The largest absolute Gasteiger partial charge is 0.380 e. The van der Waals surface area contributed by atoms with Gasteiger partial charge in [-0.2, -0.15) is 0 Å². The number of imide groups is 2. The van der Waals surface area contributed by atoms with Crippen molar-refractivity contribution < 1.29 is 19.2 Å². The third kappa shape index (κ3) is 5.09. The second-order valence-corrected chi connectivity index (χ2v) is 9.61. The highest BCUT2D eigenvalue weighted by molar-refractivity contribution is 6.25. The van der Waals surface area contributed by atoms with Crippen LogP contribution in [0.3, 0.4) is 0 Å². The lowest BCUT2D eigenvalue weighted by atomic mass is 9.94. The molecular weight excluding hydrogens is 456 g/mol. The van der Waals surface area contributed by atoms with E-state index in [1.54, 1.807) is 18.2 Å². The van der Waals surface area contributed by atoms with Gasteiger partial charge in [0, 0.05) is 30.7 Å². The number of hydrogen-bond acceptors (Lipinski definition) is 6. The van der Waals surface area contributed by atoms with Crippen molar-refractivity contribution in [3.05, 3.63) is 77.4 Å². The van der Waals surface area contributed by atoms with Gasteiger partial charge in [-0.3, -0.25) is 29.4 Å². The molecule has 2 aliphatic heterocycles. The molecule has 1 saturated heterocycles. The molecule has 0 saturated carbocycles. The molecular formula is C28H32N4O4. The summed E-state index contributed by atoms with van der Waals surface area (Å²) in [5, 5.41) is 9.10. The molecule has 0 aromatic heterocycles. The lowest BCUT2D eigenvalue weighted by Crippen LogP contribution is -2.54. The van der Waals surface area contributed by atoms with E-state index in [9.17, 15) is 19.2 Å². The second kappa shape index (κ2) is 10.5. The molecule has 0 spiro atoms. The number of benzene rings is 2. The van der Waals surface area contributed by atoms with Gasteiger partial charge in [0.15, 0.2) is 0 Å². The molecule has 2 aromatic rings. The van der Waals surface area contributed by atoms with Gasteiger partial charge in [0.05, 0.1) is 11.1 Å². The van der Waals surface area contributed by atoms with Crippen LogP contribution >= 0.6 is 0 Å². The Hall–Kier alpha value is -3.78. The van der Waals surface area contributed by atoms with Crippen molar-refractivity contribution in [3.63, 3.8) is 0 Å². The molecule has 8 nitrogen and oxygen atoms in total. The summed E-state index contributed by atoms with van der Waals surface area (Å²) in [6, 6.07) is 12.3. The molecule has 2 heterocycles. The van der Waals surface area contributed by atoms with E-state index in [4.69, 9.17) is 0 Å². The number of carbonyl (C=O) groups is 4. The highest BCUT2D eigenvalue weighted by Gasteiger charge is 2.45. The lowest BCUT2D eigenvalue weighted by molar-refractivity contribution is -0.136. The van der Waals surface area contributed by atoms with E-state index in [0.29, 0.717) is 12.2 Å². The number of amides is 4. The third-order valence-electron chi connectivity index (χ3n) is 7.07. The zero-order valence-electron chi connectivity index (χ0n) is 20.7. The van der Waals surface area contributed by atoms with Crippen molar-refractivity contribution in [1.82, 2.24) is 15.5 Å². The highest BCUT2D eigenvalue weighted by Crippen LogP contribution is 2.32. The molecule has 0 bridgehead atoms. The van der Waals surface area contributed by atoms with Crippen LogP contribution in [0.4, 0.5) is 5.69 Å². The number of rotatable bonds is 10. The number of piperidine rings is 1. The Kier molecular flexibility index (Phi) is 7.35. The van der Waals surface area contributed by atoms with Crippen molar-refractivity contribution in [2.24, 2.45) is 0 Å². The quantitative estimate of drug-likeness (QED) is 0.349. The van der Waals surface area contributed by atoms with E-state index in [-0.39, 0.29) is 29.5 Å². The van der Waals surface area contributed by atoms with Crippen LogP contribution in [0.5, 0.6) is 0 Å². The fourth-order valence-corrected chi connectivity index (χ4v) is 4.61. The first-order chi connectivity index (χ1) is 17.3. The molecule has 8 heteroatoms. The fourth-order valence-electron chi connectivity index (χ4n) is 4.61. The average Bonchev–Trinajstić information content (AvgIpc) is 3.13. The Morgan fingerprint density at radius 3 is 2.39 bits per heavy atom. The van der Waals surface area contributed by atoms with Crippen LogP contribution in [0.2, 0.25) is 0 Å². The van der Waals surface area contributed by atoms with E-state index in [1.165, 1.54) is 5.56 Å². The maximum Gasteiger partial charge on any atom is 0.264 e. The predicted octanol–water partition coefficient (Wildman–Crippen LogP) is 3.53. The fraction of sp³-hybridized carbons (Fsp3) is 0.357. The summed E-state index contributed by atoms with van der Waals surface area (Å²) in [5.74, 6) is -2.05. The monoisotopic (exact) mass is 488 g/mol. The molecule has 36 heavy (non-hydrogen) atoms. The summed E-state index contributed by atoms with van der Waals surface area (Å²) in [6.07, 6.45) is 4.06. The maximum atomic E-state index is 13.2.